The van der Waals surface area contributed by atoms with Gasteiger partial charge in [0, 0.05) is 22.5 Å². The highest BCUT2D eigenvalue weighted by Gasteiger charge is 2.15. The van der Waals surface area contributed by atoms with Crippen molar-refractivity contribution in [3.05, 3.63) is 22.6 Å². The van der Waals surface area contributed by atoms with Gasteiger partial charge in [-0.05, 0) is 40.6 Å². The predicted molar refractivity (Wildman–Crippen MR) is 65.9 cm³/mol. The molecule has 1 saturated heterocycles. The topological polar surface area (TPSA) is 24.9 Å². The van der Waals surface area contributed by atoms with Gasteiger partial charge in [0.15, 0.2) is 11.6 Å². The zero-order valence-electron chi connectivity index (χ0n) is 8.17. The fourth-order valence-electron chi connectivity index (χ4n) is 1.56. The molecule has 1 aliphatic heterocycles. The third-order valence-electron chi connectivity index (χ3n) is 2.33. The van der Waals surface area contributed by atoms with Gasteiger partial charge in [0.25, 0.3) is 0 Å². The van der Waals surface area contributed by atoms with Crippen molar-refractivity contribution in [2.24, 2.45) is 0 Å². The molecule has 1 unspecified atom stereocenters. The van der Waals surface area contributed by atoms with E-state index in [9.17, 15) is 4.39 Å². The second kappa shape index (κ2) is 5.16. The highest BCUT2D eigenvalue weighted by Crippen LogP contribution is 2.26. The molecule has 15 heavy (non-hydrogen) atoms. The van der Waals surface area contributed by atoms with Crippen LogP contribution in [-0.2, 0) is 0 Å². The van der Waals surface area contributed by atoms with Gasteiger partial charge in [-0.25, -0.2) is 9.37 Å². The number of anilines is 1. The molecule has 0 bridgehead atoms. The zero-order valence-corrected chi connectivity index (χ0v) is 10.6. The summed E-state index contributed by atoms with van der Waals surface area (Å²) in [7, 11) is 0. The molecule has 5 heteroatoms. The second-order valence-electron chi connectivity index (χ2n) is 3.50. The van der Waals surface area contributed by atoms with E-state index in [1.807, 2.05) is 11.8 Å². The van der Waals surface area contributed by atoms with Crippen LogP contribution < -0.4 is 5.32 Å². The monoisotopic (exact) mass is 290 g/mol. The molecule has 0 aliphatic carbocycles. The standard InChI is InChI=1S/C10H12BrFN2S/c11-7-4-9(12)10(13-5-7)14-6-8-2-1-3-15-8/h4-5,8H,1-3,6H2,(H,13,14). The molecule has 2 heterocycles. The molecule has 2 nitrogen and oxygen atoms in total. The average molecular weight is 291 g/mol. The fourth-order valence-corrected chi connectivity index (χ4v) is 3.07. The van der Waals surface area contributed by atoms with E-state index in [2.05, 4.69) is 26.2 Å². The minimum atomic E-state index is -0.299. The molecule has 1 N–H and O–H groups in total. The first-order valence-electron chi connectivity index (χ1n) is 4.92. The van der Waals surface area contributed by atoms with Crippen LogP contribution in [0.3, 0.4) is 0 Å². The van der Waals surface area contributed by atoms with Crippen LogP contribution >= 0.6 is 27.7 Å². The van der Waals surface area contributed by atoms with Gasteiger partial charge in [-0.2, -0.15) is 11.8 Å². The third-order valence-corrected chi connectivity index (χ3v) is 4.16. The maximum atomic E-state index is 13.4. The lowest BCUT2D eigenvalue weighted by Crippen LogP contribution is -2.15. The summed E-state index contributed by atoms with van der Waals surface area (Å²) in [5.41, 5.74) is 0. The molecule has 1 aromatic rings. The largest absolute Gasteiger partial charge is 0.367 e. The summed E-state index contributed by atoms with van der Waals surface area (Å²) in [4.78, 5) is 4.00. The van der Waals surface area contributed by atoms with Crippen molar-refractivity contribution in [2.75, 3.05) is 17.6 Å². The molecule has 1 aliphatic rings. The Morgan fingerprint density at radius 2 is 2.53 bits per heavy atom. The predicted octanol–water partition coefficient (Wildman–Crippen LogP) is 3.29. The Bertz CT molecular complexity index is 342. The molecular formula is C10H12BrFN2S. The summed E-state index contributed by atoms with van der Waals surface area (Å²) in [6.07, 6.45) is 4.09. The lowest BCUT2D eigenvalue weighted by molar-refractivity contribution is 0.622. The van der Waals surface area contributed by atoms with Gasteiger partial charge in [-0.15, -0.1) is 0 Å². The highest BCUT2D eigenvalue weighted by atomic mass is 79.9. The molecule has 2 rings (SSSR count). The Balaban J connectivity index is 1.92. The van der Waals surface area contributed by atoms with E-state index < -0.39 is 0 Å². The molecule has 82 valence electrons. The maximum Gasteiger partial charge on any atom is 0.166 e. The minimum Gasteiger partial charge on any atom is -0.367 e. The number of thioether (sulfide) groups is 1. The normalized spacial score (nSPS) is 20.5. The Kier molecular flexibility index (Phi) is 3.86. The number of nitrogens with one attached hydrogen (secondary N) is 1. The van der Waals surface area contributed by atoms with E-state index in [-0.39, 0.29) is 5.82 Å². The van der Waals surface area contributed by atoms with Crippen LogP contribution in [0.2, 0.25) is 0 Å². The van der Waals surface area contributed by atoms with Crippen molar-refractivity contribution in [1.82, 2.24) is 4.98 Å². The van der Waals surface area contributed by atoms with Crippen LogP contribution in [0.25, 0.3) is 0 Å². The first-order chi connectivity index (χ1) is 7.25. The summed E-state index contributed by atoms with van der Waals surface area (Å²) < 4.78 is 14.0. The minimum absolute atomic E-state index is 0.299. The summed E-state index contributed by atoms with van der Waals surface area (Å²) in [5.74, 6) is 1.28. The van der Waals surface area contributed by atoms with E-state index in [4.69, 9.17) is 0 Å². The van der Waals surface area contributed by atoms with Crippen LogP contribution in [0.4, 0.5) is 10.2 Å². The first-order valence-corrected chi connectivity index (χ1v) is 6.76. The fraction of sp³-hybridized carbons (Fsp3) is 0.500. The first kappa shape index (κ1) is 11.2. The summed E-state index contributed by atoms with van der Waals surface area (Å²) >= 11 is 5.13. The lowest BCUT2D eigenvalue weighted by Gasteiger charge is -2.11. The van der Waals surface area contributed by atoms with Gasteiger partial charge in [-0.1, -0.05) is 0 Å². The van der Waals surface area contributed by atoms with Crippen molar-refractivity contribution < 1.29 is 4.39 Å². The van der Waals surface area contributed by atoms with E-state index in [1.54, 1.807) is 6.20 Å². The third kappa shape index (κ3) is 3.08. The number of pyridine rings is 1. The number of nitrogens with zero attached hydrogens (tertiary/aromatic N) is 1. The molecule has 0 radical (unpaired) electrons. The number of hydrogen-bond acceptors (Lipinski definition) is 3. The van der Waals surface area contributed by atoms with E-state index in [0.717, 1.165) is 6.54 Å². The average Bonchev–Trinajstić information content (AvgIpc) is 2.69. The molecular weight excluding hydrogens is 279 g/mol. The highest BCUT2D eigenvalue weighted by molar-refractivity contribution is 9.10. The molecule has 1 aromatic heterocycles. The van der Waals surface area contributed by atoms with Crippen LogP contribution in [0, 0.1) is 5.82 Å². The Hall–Kier alpha value is -0.290. The van der Waals surface area contributed by atoms with Crippen molar-refractivity contribution in [3.8, 4) is 0 Å². The van der Waals surface area contributed by atoms with E-state index in [0.29, 0.717) is 15.5 Å². The smallest absolute Gasteiger partial charge is 0.166 e. The summed E-state index contributed by atoms with van der Waals surface area (Å²) in [6, 6.07) is 1.43. The van der Waals surface area contributed by atoms with Crippen molar-refractivity contribution >= 4 is 33.5 Å². The summed E-state index contributed by atoms with van der Waals surface area (Å²) in [6.45, 7) is 0.802. The Labute approximate surface area is 101 Å². The van der Waals surface area contributed by atoms with Crippen molar-refractivity contribution in [3.63, 3.8) is 0 Å². The molecule has 1 atom stereocenters. The molecule has 0 saturated carbocycles. The zero-order chi connectivity index (χ0) is 10.7. The van der Waals surface area contributed by atoms with Gasteiger partial charge in [-0.3, -0.25) is 0 Å². The van der Waals surface area contributed by atoms with Gasteiger partial charge in [0.05, 0.1) is 0 Å². The van der Waals surface area contributed by atoms with Gasteiger partial charge >= 0.3 is 0 Å². The molecule has 1 fully saturated rings. The van der Waals surface area contributed by atoms with Crippen LogP contribution in [0.15, 0.2) is 16.7 Å². The van der Waals surface area contributed by atoms with E-state index in [1.165, 1.54) is 24.7 Å². The molecule has 0 amide bonds. The quantitative estimate of drug-likeness (QED) is 0.925. The Morgan fingerprint density at radius 1 is 1.67 bits per heavy atom. The maximum absolute atomic E-state index is 13.4. The second-order valence-corrected chi connectivity index (χ2v) is 5.82. The molecule has 0 aromatic carbocycles. The lowest BCUT2D eigenvalue weighted by atomic mass is 10.2. The number of aromatic nitrogens is 1. The van der Waals surface area contributed by atoms with Gasteiger partial charge < -0.3 is 5.32 Å². The summed E-state index contributed by atoms with van der Waals surface area (Å²) in [5, 5.41) is 3.66. The van der Waals surface area contributed by atoms with Crippen LogP contribution in [0.1, 0.15) is 12.8 Å². The van der Waals surface area contributed by atoms with Crippen LogP contribution in [0.5, 0.6) is 0 Å². The van der Waals surface area contributed by atoms with Gasteiger partial charge in [0.2, 0.25) is 0 Å². The van der Waals surface area contributed by atoms with Crippen molar-refractivity contribution in [2.45, 2.75) is 18.1 Å². The Morgan fingerprint density at radius 3 is 3.20 bits per heavy atom. The SMILES string of the molecule is Fc1cc(Br)cnc1NCC1CCCS1. The number of halogens is 2. The van der Waals surface area contributed by atoms with Gasteiger partial charge in [0.1, 0.15) is 0 Å². The number of rotatable bonds is 3. The number of hydrogen-bond donors (Lipinski definition) is 1. The van der Waals surface area contributed by atoms with Crippen LogP contribution in [-0.4, -0.2) is 22.5 Å². The molecule has 0 spiro atoms. The van der Waals surface area contributed by atoms with E-state index >= 15 is 0 Å². The van der Waals surface area contributed by atoms with Crippen molar-refractivity contribution in [1.29, 1.82) is 0 Å².